The van der Waals surface area contributed by atoms with E-state index in [9.17, 15) is 8.42 Å². The Morgan fingerprint density at radius 1 is 1.16 bits per heavy atom. The summed E-state index contributed by atoms with van der Waals surface area (Å²) in [5, 5.41) is 0. The highest BCUT2D eigenvalue weighted by atomic mass is 79.9. The second-order valence-electron chi connectivity index (χ2n) is 5.32. The largest absolute Gasteiger partial charge is 0.244 e. The van der Waals surface area contributed by atoms with Crippen molar-refractivity contribution in [3.8, 4) is 0 Å². The normalized spacial score (nSPS) is 19.9. The van der Waals surface area contributed by atoms with Gasteiger partial charge in [0.25, 0.3) is 0 Å². The Labute approximate surface area is 130 Å². The summed E-state index contributed by atoms with van der Waals surface area (Å²) < 4.78 is 28.8. The monoisotopic (exact) mass is 407 g/mol. The SMILES string of the molecule is O=S(=O)(c1ccc(Br)cc1Br)N(CC1CC1)C1CC1. The number of hydrogen-bond donors (Lipinski definition) is 0. The first-order chi connectivity index (χ1) is 8.98. The summed E-state index contributed by atoms with van der Waals surface area (Å²) in [6.45, 7) is 0.690. The average molecular weight is 409 g/mol. The lowest BCUT2D eigenvalue weighted by atomic mass is 10.4. The number of hydrogen-bond acceptors (Lipinski definition) is 2. The molecule has 0 heterocycles. The van der Waals surface area contributed by atoms with E-state index in [4.69, 9.17) is 0 Å². The molecule has 0 unspecified atom stereocenters. The smallest absolute Gasteiger partial charge is 0.207 e. The zero-order valence-corrected chi connectivity index (χ0v) is 14.3. The molecule has 0 amide bonds. The van der Waals surface area contributed by atoms with Gasteiger partial charge in [-0.25, -0.2) is 8.42 Å². The summed E-state index contributed by atoms with van der Waals surface area (Å²) in [6.07, 6.45) is 4.33. The molecule has 0 aromatic heterocycles. The molecule has 2 aliphatic carbocycles. The van der Waals surface area contributed by atoms with Crippen LogP contribution in [0.25, 0.3) is 0 Å². The van der Waals surface area contributed by atoms with Gasteiger partial charge in [0, 0.05) is 21.5 Å². The minimum absolute atomic E-state index is 0.223. The summed E-state index contributed by atoms with van der Waals surface area (Å²) in [6, 6.07) is 5.46. The number of rotatable bonds is 5. The van der Waals surface area contributed by atoms with Crippen LogP contribution in [0.5, 0.6) is 0 Å². The molecule has 0 aliphatic heterocycles. The molecule has 2 saturated carbocycles. The summed E-state index contributed by atoms with van der Waals surface area (Å²) in [7, 11) is -3.37. The van der Waals surface area contributed by atoms with Crippen molar-refractivity contribution < 1.29 is 8.42 Å². The van der Waals surface area contributed by atoms with E-state index in [0.717, 1.165) is 17.3 Å². The fourth-order valence-corrected chi connectivity index (χ4v) is 5.64. The molecule has 1 aromatic rings. The Hall–Kier alpha value is 0.0900. The predicted molar refractivity (Wildman–Crippen MR) is 81.5 cm³/mol. The lowest BCUT2D eigenvalue weighted by Gasteiger charge is -2.22. The van der Waals surface area contributed by atoms with E-state index in [1.54, 1.807) is 22.5 Å². The first-order valence-corrected chi connectivity index (χ1v) is 9.48. The first kappa shape index (κ1) is 14.0. The summed E-state index contributed by atoms with van der Waals surface area (Å²) >= 11 is 6.72. The Morgan fingerprint density at radius 2 is 1.84 bits per heavy atom. The van der Waals surface area contributed by atoms with Crippen LogP contribution < -0.4 is 0 Å². The number of sulfonamides is 1. The molecule has 2 fully saturated rings. The molecule has 0 atom stereocenters. The highest BCUT2D eigenvalue weighted by Crippen LogP contribution is 2.39. The summed E-state index contributed by atoms with van der Waals surface area (Å²) in [4.78, 5) is 0.378. The molecule has 3 rings (SSSR count). The summed E-state index contributed by atoms with van der Waals surface area (Å²) in [5.74, 6) is 0.574. The summed E-state index contributed by atoms with van der Waals surface area (Å²) in [5.41, 5.74) is 0. The molecule has 1 aromatic carbocycles. The van der Waals surface area contributed by atoms with Gasteiger partial charge in [-0.1, -0.05) is 15.9 Å². The van der Waals surface area contributed by atoms with Crippen molar-refractivity contribution in [3.63, 3.8) is 0 Å². The van der Waals surface area contributed by atoms with Crippen molar-refractivity contribution in [2.24, 2.45) is 5.92 Å². The maximum absolute atomic E-state index is 12.8. The van der Waals surface area contributed by atoms with E-state index in [0.29, 0.717) is 21.8 Å². The second kappa shape index (κ2) is 5.13. The van der Waals surface area contributed by atoms with Crippen LogP contribution in [0.1, 0.15) is 25.7 Å². The fraction of sp³-hybridized carbons (Fsp3) is 0.538. The van der Waals surface area contributed by atoms with Gasteiger partial charge in [-0.2, -0.15) is 4.31 Å². The second-order valence-corrected chi connectivity index (χ2v) is 8.95. The minimum atomic E-state index is -3.37. The third kappa shape index (κ3) is 3.06. The van der Waals surface area contributed by atoms with Crippen molar-refractivity contribution in [3.05, 3.63) is 27.1 Å². The van der Waals surface area contributed by atoms with Gasteiger partial charge < -0.3 is 0 Å². The number of benzene rings is 1. The van der Waals surface area contributed by atoms with Crippen molar-refractivity contribution in [2.75, 3.05) is 6.54 Å². The van der Waals surface area contributed by atoms with Gasteiger partial charge >= 0.3 is 0 Å². The zero-order chi connectivity index (χ0) is 13.6. The minimum Gasteiger partial charge on any atom is -0.207 e. The van der Waals surface area contributed by atoms with Crippen LogP contribution in [0.2, 0.25) is 0 Å². The molecule has 104 valence electrons. The lowest BCUT2D eigenvalue weighted by Crippen LogP contribution is -2.35. The van der Waals surface area contributed by atoms with Crippen LogP contribution in [0.4, 0.5) is 0 Å². The van der Waals surface area contributed by atoms with Crippen LogP contribution in [-0.4, -0.2) is 25.3 Å². The van der Waals surface area contributed by atoms with Crippen molar-refractivity contribution in [2.45, 2.75) is 36.6 Å². The molecule has 0 N–H and O–H groups in total. The third-order valence-electron chi connectivity index (χ3n) is 3.57. The lowest BCUT2D eigenvalue weighted by molar-refractivity contribution is 0.388. The molecule has 3 nitrogen and oxygen atoms in total. The van der Waals surface area contributed by atoms with Gasteiger partial charge in [0.05, 0.1) is 4.90 Å². The fourth-order valence-electron chi connectivity index (χ4n) is 2.17. The third-order valence-corrected chi connectivity index (χ3v) is 6.96. The molecule has 0 spiro atoms. The topological polar surface area (TPSA) is 37.4 Å². The van der Waals surface area contributed by atoms with Gasteiger partial charge in [0.1, 0.15) is 0 Å². The Morgan fingerprint density at radius 3 is 2.37 bits per heavy atom. The highest BCUT2D eigenvalue weighted by Gasteiger charge is 2.41. The first-order valence-electron chi connectivity index (χ1n) is 6.45. The Kier molecular flexibility index (Phi) is 3.79. The zero-order valence-electron chi connectivity index (χ0n) is 10.4. The van der Waals surface area contributed by atoms with Crippen LogP contribution in [0.3, 0.4) is 0 Å². The maximum Gasteiger partial charge on any atom is 0.244 e. The molecular formula is C13H15Br2NO2S. The molecule has 19 heavy (non-hydrogen) atoms. The molecule has 2 aliphatic rings. The van der Waals surface area contributed by atoms with Crippen molar-refractivity contribution in [1.82, 2.24) is 4.31 Å². The van der Waals surface area contributed by atoms with E-state index in [-0.39, 0.29) is 6.04 Å². The van der Waals surface area contributed by atoms with Crippen LogP contribution in [0, 0.1) is 5.92 Å². The predicted octanol–water partition coefficient (Wildman–Crippen LogP) is 3.77. The Balaban J connectivity index is 1.94. The van der Waals surface area contributed by atoms with E-state index in [2.05, 4.69) is 31.9 Å². The van der Waals surface area contributed by atoms with E-state index in [1.165, 1.54) is 12.8 Å². The number of nitrogens with zero attached hydrogens (tertiary/aromatic N) is 1. The van der Waals surface area contributed by atoms with E-state index >= 15 is 0 Å². The maximum atomic E-state index is 12.8. The quantitative estimate of drug-likeness (QED) is 0.743. The standard InChI is InChI=1S/C13H15Br2NO2S/c14-10-3-6-13(12(15)7-10)19(17,18)16(11-4-5-11)8-9-1-2-9/h3,6-7,9,11H,1-2,4-5,8H2. The average Bonchev–Trinajstić information content (AvgIpc) is 3.19. The highest BCUT2D eigenvalue weighted by molar-refractivity contribution is 9.11. The molecule has 0 bridgehead atoms. The van der Waals surface area contributed by atoms with Gasteiger partial charge in [-0.05, 0) is 65.7 Å². The molecular weight excluding hydrogens is 394 g/mol. The van der Waals surface area contributed by atoms with Crippen LogP contribution in [0.15, 0.2) is 32.0 Å². The molecule has 0 radical (unpaired) electrons. The van der Waals surface area contributed by atoms with Gasteiger partial charge in [0.2, 0.25) is 10.0 Å². The van der Waals surface area contributed by atoms with Gasteiger partial charge in [-0.15, -0.1) is 0 Å². The van der Waals surface area contributed by atoms with E-state index in [1.807, 2.05) is 0 Å². The van der Waals surface area contributed by atoms with Crippen LogP contribution >= 0.6 is 31.9 Å². The van der Waals surface area contributed by atoms with Crippen molar-refractivity contribution >= 4 is 41.9 Å². The van der Waals surface area contributed by atoms with E-state index < -0.39 is 10.0 Å². The van der Waals surface area contributed by atoms with Gasteiger partial charge in [0.15, 0.2) is 0 Å². The molecule has 0 saturated heterocycles. The Bertz CT molecular complexity index is 595. The molecule has 6 heteroatoms. The van der Waals surface area contributed by atoms with Gasteiger partial charge in [-0.3, -0.25) is 0 Å². The van der Waals surface area contributed by atoms with Crippen molar-refractivity contribution in [1.29, 1.82) is 0 Å². The van der Waals surface area contributed by atoms with Crippen LogP contribution in [-0.2, 0) is 10.0 Å². The number of halogens is 2.